The van der Waals surface area contributed by atoms with Crippen molar-refractivity contribution in [1.29, 1.82) is 5.41 Å². The zero-order valence-electron chi connectivity index (χ0n) is 15.8. The zero-order chi connectivity index (χ0) is 19.3. The van der Waals surface area contributed by atoms with Gasteiger partial charge in [-0.05, 0) is 18.2 Å². The number of methoxy groups -OCH3 is 1. The lowest BCUT2D eigenvalue weighted by atomic mass is 9.94. The fraction of sp³-hybridized carbons (Fsp3) is 0.286. The summed E-state index contributed by atoms with van der Waals surface area (Å²) in [5.74, 6) is 1.37. The number of nitrogens with one attached hydrogen (secondary N) is 2. The summed E-state index contributed by atoms with van der Waals surface area (Å²) < 4.78 is 11.1. The molecule has 1 aliphatic carbocycles. The largest absolute Gasteiger partial charge is 0.495 e. The summed E-state index contributed by atoms with van der Waals surface area (Å²) in [6.07, 6.45) is 13.4. The van der Waals surface area contributed by atoms with Gasteiger partial charge in [0.1, 0.15) is 5.76 Å². The highest BCUT2D eigenvalue weighted by atomic mass is 16.5. The van der Waals surface area contributed by atoms with E-state index in [0.29, 0.717) is 30.6 Å². The predicted octanol–water partition coefficient (Wildman–Crippen LogP) is 2.23. The Bertz CT molecular complexity index is 920. The van der Waals surface area contributed by atoms with Crippen molar-refractivity contribution in [3.8, 4) is 0 Å². The first kappa shape index (κ1) is 18.2. The third-order valence-electron chi connectivity index (χ3n) is 4.75. The summed E-state index contributed by atoms with van der Waals surface area (Å²) in [6, 6.07) is 1.89. The molecule has 0 aromatic carbocycles. The standard InChI is InChI=1S/C21H23N5O2/c1-27-20(16-3-2-7-23-14-16)17-13-15(4-5-18(17)22)19-6-8-24-21(25-19)26-9-11-28-12-10-26/h2-6,8,13-14,22-23H,7,9-12H2,1H3/b20-17-,22-18?. The molecule has 7 heteroatoms. The lowest BCUT2D eigenvalue weighted by Gasteiger charge is -2.27. The van der Waals surface area contributed by atoms with Crippen molar-refractivity contribution in [3.05, 3.63) is 71.4 Å². The smallest absolute Gasteiger partial charge is 0.226 e. The van der Waals surface area contributed by atoms with Crippen LogP contribution in [0.2, 0.25) is 0 Å². The average molecular weight is 377 g/mol. The van der Waals surface area contributed by atoms with E-state index in [-0.39, 0.29) is 0 Å². The van der Waals surface area contributed by atoms with Crippen LogP contribution in [0.1, 0.15) is 5.69 Å². The first-order chi connectivity index (χ1) is 13.8. The first-order valence-electron chi connectivity index (χ1n) is 9.30. The third-order valence-corrected chi connectivity index (χ3v) is 4.75. The Hall–Kier alpha value is -3.19. The summed E-state index contributed by atoms with van der Waals surface area (Å²) in [4.78, 5) is 11.3. The number of rotatable bonds is 4. The Labute approximate surface area is 164 Å². The molecular formula is C21H23N5O2. The van der Waals surface area contributed by atoms with E-state index in [2.05, 4.69) is 15.2 Å². The Balaban J connectivity index is 1.70. The summed E-state index contributed by atoms with van der Waals surface area (Å²) in [6.45, 7) is 3.74. The van der Waals surface area contributed by atoms with Crippen LogP contribution in [0.15, 0.2) is 65.7 Å². The average Bonchev–Trinajstić information content (AvgIpc) is 2.77. The molecule has 0 radical (unpaired) electrons. The molecule has 4 rings (SSSR count). The summed E-state index contributed by atoms with van der Waals surface area (Å²) in [5.41, 5.74) is 3.79. The number of hydrogen-bond acceptors (Lipinski definition) is 7. The van der Waals surface area contributed by atoms with Crippen molar-refractivity contribution in [2.45, 2.75) is 0 Å². The quantitative estimate of drug-likeness (QED) is 0.783. The Morgan fingerprint density at radius 3 is 2.86 bits per heavy atom. The normalized spacial score (nSPS) is 21.0. The molecule has 2 N–H and O–H groups in total. The highest BCUT2D eigenvalue weighted by Gasteiger charge is 2.19. The van der Waals surface area contributed by atoms with Crippen LogP contribution in [0.25, 0.3) is 5.57 Å². The molecule has 28 heavy (non-hydrogen) atoms. The fourth-order valence-corrected chi connectivity index (χ4v) is 3.31. The predicted molar refractivity (Wildman–Crippen MR) is 109 cm³/mol. The maximum absolute atomic E-state index is 8.36. The molecule has 1 saturated heterocycles. The van der Waals surface area contributed by atoms with Gasteiger partial charge in [-0.2, -0.15) is 0 Å². The van der Waals surface area contributed by atoms with Crippen LogP contribution in [0.3, 0.4) is 0 Å². The lowest BCUT2D eigenvalue weighted by molar-refractivity contribution is 0.122. The van der Waals surface area contributed by atoms with E-state index in [4.69, 9.17) is 19.9 Å². The van der Waals surface area contributed by atoms with Gasteiger partial charge in [0.2, 0.25) is 5.95 Å². The minimum atomic E-state index is 0.405. The highest BCUT2D eigenvalue weighted by Crippen LogP contribution is 2.28. The molecule has 1 aromatic rings. The van der Waals surface area contributed by atoms with Gasteiger partial charge in [-0.25, -0.2) is 9.97 Å². The molecule has 3 aliphatic rings. The zero-order valence-corrected chi connectivity index (χ0v) is 15.8. The third kappa shape index (κ3) is 3.75. The van der Waals surface area contributed by atoms with Gasteiger partial charge < -0.3 is 25.1 Å². The van der Waals surface area contributed by atoms with Crippen LogP contribution in [0.4, 0.5) is 5.95 Å². The molecule has 0 saturated carbocycles. The van der Waals surface area contributed by atoms with Crippen LogP contribution in [-0.4, -0.2) is 55.6 Å². The molecule has 0 unspecified atom stereocenters. The van der Waals surface area contributed by atoms with Gasteiger partial charge in [0.05, 0.1) is 31.7 Å². The summed E-state index contributed by atoms with van der Waals surface area (Å²) in [7, 11) is 1.63. The number of aromatic nitrogens is 2. The number of nitrogens with zero attached hydrogens (tertiary/aromatic N) is 3. The fourth-order valence-electron chi connectivity index (χ4n) is 3.31. The molecule has 0 amide bonds. The van der Waals surface area contributed by atoms with Crippen LogP contribution in [0.5, 0.6) is 0 Å². The van der Waals surface area contributed by atoms with Crippen molar-refractivity contribution < 1.29 is 9.47 Å². The number of anilines is 1. The number of allylic oxidation sites excluding steroid dienone is 6. The van der Waals surface area contributed by atoms with Crippen molar-refractivity contribution in [2.24, 2.45) is 0 Å². The topological polar surface area (TPSA) is 83.4 Å². The van der Waals surface area contributed by atoms with Crippen LogP contribution in [0, 0.1) is 5.41 Å². The summed E-state index contributed by atoms with van der Waals surface area (Å²) >= 11 is 0. The van der Waals surface area contributed by atoms with E-state index in [9.17, 15) is 0 Å². The summed E-state index contributed by atoms with van der Waals surface area (Å²) in [5, 5.41) is 11.5. The van der Waals surface area contributed by atoms with Crippen molar-refractivity contribution in [3.63, 3.8) is 0 Å². The maximum atomic E-state index is 8.36. The van der Waals surface area contributed by atoms with Crippen molar-refractivity contribution in [2.75, 3.05) is 44.9 Å². The monoisotopic (exact) mass is 377 g/mol. The second-order valence-corrected chi connectivity index (χ2v) is 6.55. The van der Waals surface area contributed by atoms with Crippen LogP contribution >= 0.6 is 0 Å². The van der Waals surface area contributed by atoms with Gasteiger partial charge in [0.15, 0.2) is 0 Å². The lowest BCUT2D eigenvalue weighted by Crippen LogP contribution is -2.37. The van der Waals surface area contributed by atoms with Gasteiger partial charge in [0.25, 0.3) is 0 Å². The number of hydrogen-bond donors (Lipinski definition) is 2. The maximum Gasteiger partial charge on any atom is 0.226 e. The van der Waals surface area contributed by atoms with Gasteiger partial charge in [-0.1, -0.05) is 18.2 Å². The molecule has 3 heterocycles. The minimum Gasteiger partial charge on any atom is -0.495 e. The van der Waals surface area contributed by atoms with E-state index >= 15 is 0 Å². The molecule has 1 aromatic heterocycles. The van der Waals surface area contributed by atoms with E-state index in [1.54, 1.807) is 19.4 Å². The van der Waals surface area contributed by atoms with E-state index in [0.717, 1.165) is 42.0 Å². The molecular weight excluding hydrogens is 354 g/mol. The number of morpholine rings is 1. The van der Waals surface area contributed by atoms with Crippen LogP contribution in [-0.2, 0) is 9.47 Å². The molecule has 0 bridgehead atoms. The molecule has 0 atom stereocenters. The molecule has 2 aliphatic heterocycles. The molecule has 0 spiro atoms. The van der Waals surface area contributed by atoms with Gasteiger partial charge in [-0.15, -0.1) is 0 Å². The minimum absolute atomic E-state index is 0.405. The molecule has 7 nitrogen and oxygen atoms in total. The van der Waals surface area contributed by atoms with E-state index in [1.165, 1.54) is 0 Å². The van der Waals surface area contributed by atoms with E-state index in [1.807, 2.05) is 36.6 Å². The molecule has 1 fully saturated rings. The van der Waals surface area contributed by atoms with Crippen molar-refractivity contribution >= 4 is 17.2 Å². The van der Waals surface area contributed by atoms with Gasteiger partial charge >= 0.3 is 0 Å². The van der Waals surface area contributed by atoms with E-state index < -0.39 is 0 Å². The SMILES string of the molecule is CO/C(C1=CNCC=C1)=C1/C=C(c2ccnc(N3CCOCC3)n2)C=CC1=N. The Morgan fingerprint density at radius 1 is 1.25 bits per heavy atom. The van der Waals surface area contributed by atoms with Crippen LogP contribution < -0.4 is 10.2 Å². The molecule has 144 valence electrons. The number of dihydropyridines is 1. The first-order valence-corrected chi connectivity index (χ1v) is 9.30. The van der Waals surface area contributed by atoms with Gasteiger partial charge in [0, 0.05) is 48.8 Å². The van der Waals surface area contributed by atoms with Crippen molar-refractivity contribution in [1.82, 2.24) is 15.3 Å². The highest BCUT2D eigenvalue weighted by molar-refractivity contribution is 6.13. The van der Waals surface area contributed by atoms with Gasteiger partial charge in [-0.3, -0.25) is 0 Å². The Morgan fingerprint density at radius 2 is 2.11 bits per heavy atom. The second-order valence-electron chi connectivity index (χ2n) is 6.55. The second kappa shape index (κ2) is 8.22. The number of ether oxygens (including phenoxy) is 2. The Kier molecular flexibility index (Phi) is 5.34.